The maximum atomic E-state index is 9.43. The smallest absolute Gasteiger partial charge is 0.181 e. The number of aryl methyl sites for hydroxylation is 10. The van der Waals surface area contributed by atoms with E-state index in [-0.39, 0.29) is 17.8 Å². The Morgan fingerprint density at radius 1 is 0.420 bits per heavy atom. The number of imidazole rings is 6. The summed E-state index contributed by atoms with van der Waals surface area (Å²) in [6.45, 7) is 14.9. The minimum Gasteiger partial charge on any atom is -0.337 e. The second-order valence-electron chi connectivity index (χ2n) is 30.9. The Kier molecular flexibility index (Phi) is 25.8. The first-order valence-corrected chi connectivity index (χ1v) is 44.6. The topological polar surface area (TPSA) is 443 Å². The van der Waals surface area contributed by atoms with Gasteiger partial charge >= 0.3 is 0 Å². The minimum absolute atomic E-state index is 0.104. The Labute approximate surface area is 766 Å². The summed E-state index contributed by atoms with van der Waals surface area (Å²) in [5.41, 5.74) is 29.2. The van der Waals surface area contributed by atoms with Crippen LogP contribution < -0.4 is 43.0 Å². The highest BCUT2D eigenvalue weighted by atomic mass is 32.1. The minimum atomic E-state index is -0.197. The Hall–Kier alpha value is -15.5. The molecule has 20 aromatic heterocycles. The highest BCUT2D eigenvalue weighted by Gasteiger charge is 2.23. The molecule has 0 radical (unpaired) electrons. The van der Waals surface area contributed by atoms with Gasteiger partial charge in [-0.1, -0.05) is 13.3 Å². The van der Waals surface area contributed by atoms with Crippen LogP contribution in [0, 0.1) is 39.0 Å². The number of likely N-dealkylation sites (N-methyl/N-ethyl adjacent to an activating group) is 1. The van der Waals surface area contributed by atoms with E-state index in [2.05, 4.69) is 159 Å². The van der Waals surface area contributed by atoms with Gasteiger partial charge in [-0.2, -0.15) is 48.2 Å². The molecule has 2 atom stereocenters. The molecule has 0 aliphatic heterocycles. The van der Waals surface area contributed by atoms with Crippen LogP contribution >= 0.6 is 46.1 Å². The Morgan fingerprint density at radius 2 is 0.771 bits per heavy atom. The molecule has 20 heterocycles. The van der Waals surface area contributed by atoms with Crippen molar-refractivity contribution >= 4 is 129 Å². The molecule has 0 aliphatic carbocycles. The fraction of sp³-hybridized carbons (Fsp3) is 0.230. The van der Waals surface area contributed by atoms with E-state index in [1.54, 1.807) is 54.5 Å². The van der Waals surface area contributed by atoms with Crippen LogP contribution in [0.3, 0.4) is 0 Å². The van der Waals surface area contributed by atoms with Crippen molar-refractivity contribution in [1.29, 1.82) is 5.26 Å². The van der Waals surface area contributed by atoms with E-state index in [4.69, 9.17) is 20.7 Å². The van der Waals surface area contributed by atoms with E-state index < -0.39 is 0 Å². The standard InChI is InChI=1S/C20H15N9.2C17H20N8S.C17H19N7S.C16H18N8S/c1-27-11-14(9-24-27)18-10-23-20-19(26-16(8-21)12-29(18)20)25-15-2-4-17(5-3-15)28-7-6-22-13-28;1-10-5-15(26-23-10)22-16-17-19-7-14(12-6-20-24(4)8-12)25(17)9-13(21-16)11(2)18-3;1-11-6-15(26-23-11)22-16-17-19-8-14(12-7-20-24(3)9-12)25(17)10-13(21-16)4-5-18-2;1-4-5-13-10-24-14(12-7-19-23(3)9-12)8-18-17(24)16(20-13)21-15-6-11(2)22-25-15;1-9-4-14(25-22-9)21-15-16-18-6-13(11-5-19-23(3)7-11)24(16)8-12(20-15)10(2)17/h2-7,9-13H,1H3,(H,25,26);5-9,11,18H,1-4H3,(H,21,22);6-10,18H,4-5H2,1-3H3,(H,21,22);6-10H,4-5H2,1-3H3,(H,20,21);4-8,10H,17H2,1-3H3,(H,20,21). The summed E-state index contributed by atoms with van der Waals surface area (Å²) in [5, 5.41) is 57.6. The maximum absolute atomic E-state index is 9.43. The molecule has 9 N–H and O–H groups in total. The third-order valence-corrected chi connectivity index (χ3v) is 23.8. The number of nitrogens with zero attached hydrogens (tertiary/aromatic N) is 32. The van der Waals surface area contributed by atoms with Crippen molar-refractivity contribution in [2.24, 2.45) is 41.0 Å². The zero-order chi connectivity index (χ0) is 91.1. The van der Waals surface area contributed by atoms with Crippen LogP contribution in [0.2, 0.25) is 0 Å². The molecule has 40 nitrogen and oxygen atoms in total. The van der Waals surface area contributed by atoms with Crippen LogP contribution in [0.1, 0.15) is 90.5 Å². The number of benzene rings is 1. The Bertz CT molecular complexity index is 7560. The van der Waals surface area contributed by atoms with Crippen LogP contribution in [0.25, 0.3) is 90.2 Å². The molecular weight excluding hydrogens is 1730 g/mol. The predicted octanol–water partition coefficient (Wildman–Crippen LogP) is 14.5. The summed E-state index contributed by atoms with van der Waals surface area (Å²) in [6.07, 6.45) is 45.9. The van der Waals surface area contributed by atoms with Gasteiger partial charge in [-0.3, -0.25) is 45.4 Å². The molecule has 21 rings (SSSR count). The molecule has 1 aromatic carbocycles. The Morgan fingerprint density at radius 3 is 1.09 bits per heavy atom. The van der Waals surface area contributed by atoms with Crippen LogP contribution in [-0.4, -0.2) is 168 Å². The van der Waals surface area contributed by atoms with Crippen molar-refractivity contribution in [2.45, 2.75) is 79.8 Å². The lowest BCUT2D eigenvalue weighted by atomic mass is 10.2. The first-order valence-electron chi connectivity index (χ1n) is 41.5. The number of fused-ring (bicyclic) bond motifs is 5. The quantitative estimate of drug-likeness (QED) is 0.0278. The van der Waals surface area contributed by atoms with Crippen LogP contribution in [0.15, 0.2) is 191 Å². The first-order chi connectivity index (χ1) is 63.5. The monoisotopic (exact) mass is 1820 g/mol. The number of nitrogens with one attached hydrogen (secondary N) is 7. The van der Waals surface area contributed by atoms with E-state index in [0.29, 0.717) is 23.1 Å². The molecule has 0 bridgehead atoms. The molecule has 664 valence electrons. The summed E-state index contributed by atoms with van der Waals surface area (Å²) in [7, 11) is 13.3. The molecule has 0 spiro atoms. The molecule has 2 unspecified atom stereocenters. The zero-order valence-electron chi connectivity index (χ0n) is 73.9. The van der Waals surface area contributed by atoms with Gasteiger partial charge in [0.05, 0.1) is 142 Å². The van der Waals surface area contributed by atoms with Crippen molar-refractivity contribution < 1.29 is 0 Å². The zero-order valence-corrected chi connectivity index (χ0v) is 77.2. The number of aromatic nitrogens is 31. The first kappa shape index (κ1) is 87.5. The molecule has 0 amide bonds. The summed E-state index contributed by atoms with van der Waals surface area (Å²) >= 11 is 5.65. The van der Waals surface area contributed by atoms with Gasteiger partial charge in [-0.25, -0.2) is 54.8 Å². The summed E-state index contributed by atoms with van der Waals surface area (Å²) in [4.78, 5) is 50.3. The van der Waals surface area contributed by atoms with E-state index in [0.717, 1.165) is 193 Å². The van der Waals surface area contributed by atoms with Crippen LogP contribution in [-0.2, 0) is 48.1 Å². The molecule has 21 aromatic rings. The predicted molar refractivity (Wildman–Crippen MR) is 510 cm³/mol. The third-order valence-electron chi connectivity index (χ3n) is 20.6. The van der Waals surface area contributed by atoms with Crippen molar-refractivity contribution in [2.75, 3.05) is 47.2 Å². The molecule has 0 aliphatic rings. The molecule has 0 saturated heterocycles. The van der Waals surface area contributed by atoms with Crippen molar-refractivity contribution in [3.8, 4) is 68.0 Å². The summed E-state index contributed by atoms with van der Waals surface area (Å²) in [5.74, 6) is 3.37. The van der Waals surface area contributed by atoms with Gasteiger partial charge in [-0.05, 0) is 157 Å². The maximum Gasteiger partial charge on any atom is 0.181 e. The number of rotatable bonds is 24. The number of nitriles is 1. The van der Waals surface area contributed by atoms with Crippen LogP contribution in [0.4, 0.5) is 54.8 Å². The van der Waals surface area contributed by atoms with Gasteiger partial charge < -0.3 is 47.5 Å². The number of anilines is 10. The molecule has 44 heteroatoms. The van der Waals surface area contributed by atoms with E-state index in [9.17, 15) is 5.26 Å². The molecule has 131 heavy (non-hydrogen) atoms. The average Bonchev–Trinajstić information content (AvgIpc) is 1.61. The summed E-state index contributed by atoms with van der Waals surface area (Å²) in [6, 6.07) is 17.9. The van der Waals surface area contributed by atoms with Gasteiger partial charge in [-0.15, -0.1) is 0 Å². The highest BCUT2D eigenvalue weighted by Crippen LogP contribution is 2.36. The lowest BCUT2D eigenvalue weighted by molar-refractivity contribution is 0.629. The second-order valence-corrected chi connectivity index (χ2v) is 34.1. The SMILES string of the molecule is CCCc1cn2c(-c3cnn(C)c3)cnc2c(Nc2cc(C)ns2)n1.CNC(C)c1cn2c(-c3cnn(C)c3)cnc2c(Nc2cc(C)ns2)n1.CNCCc1cn2c(-c3cnn(C)c3)cnc2c(Nc2cc(C)ns2)n1.Cc1cc(Nc2nc(C(C)N)cn3c(-c4cnn(C)c4)cnc23)sn1.Cn1cc(-c2cnc3c(Nc4ccc(-n5ccnc5)cc4)nc(C#N)cn23)cn1. The summed E-state index contributed by atoms with van der Waals surface area (Å²) < 4.78 is 38.1. The fourth-order valence-corrected chi connectivity index (χ4v) is 16.8. The third kappa shape index (κ3) is 19.8. The average molecular weight is 1830 g/mol. The van der Waals surface area contributed by atoms with E-state index in [1.807, 2.05) is 251 Å². The second kappa shape index (κ2) is 38.6. The van der Waals surface area contributed by atoms with E-state index >= 15 is 0 Å². The van der Waals surface area contributed by atoms with Gasteiger partial charge in [0, 0.05) is 174 Å². The normalized spacial score (nSPS) is 11.7. The molecule has 0 fully saturated rings. The molecular formula is C87H92N40S4. The van der Waals surface area contributed by atoms with Gasteiger partial charge in [0.1, 0.15) is 26.1 Å². The number of hydrogen-bond acceptors (Lipinski definition) is 33. The Balaban J connectivity index is 0.000000115. The number of hydrogen-bond donors (Lipinski definition) is 8. The lowest BCUT2D eigenvalue weighted by Crippen LogP contribution is -2.15. The largest absolute Gasteiger partial charge is 0.337 e. The lowest BCUT2D eigenvalue weighted by Gasteiger charge is -2.13. The van der Waals surface area contributed by atoms with Gasteiger partial charge in [0.2, 0.25) is 0 Å². The van der Waals surface area contributed by atoms with Gasteiger partial charge in [0.25, 0.3) is 0 Å². The van der Waals surface area contributed by atoms with Crippen LogP contribution in [0.5, 0.6) is 0 Å². The fourth-order valence-electron chi connectivity index (χ4n) is 14.1. The molecule has 0 saturated carbocycles. The highest BCUT2D eigenvalue weighted by molar-refractivity contribution is 7.11. The number of nitrogens with two attached hydrogens (primary N) is 1. The van der Waals surface area contributed by atoms with Crippen molar-refractivity contribution in [3.63, 3.8) is 0 Å². The van der Waals surface area contributed by atoms with Crippen molar-refractivity contribution in [3.05, 3.63) is 242 Å². The van der Waals surface area contributed by atoms with Crippen molar-refractivity contribution in [1.82, 2.24) is 158 Å². The van der Waals surface area contributed by atoms with Gasteiger partial charge in [0.15, 0.2) is 63.0 Å². The van der Waals surface area contributed by atoms with E-state index in [1.165, 1.54) is 46.1 Å².